The molecule has 27 heavy (non-hydrogen) atoms. The normalized spacial score (nSPS) is 11.4. The molecule has 0 atom stereocenters. The van der Waals surface area contributed by atoms with Crippen LogP contribution in [0.3, 0.4) is 0 Å². The summed E-state index contributed by atoms with van der Waals surface area (Å²) in [5.41, 5.74) is 2.29. The fourth-order valence-electron chi connectivity index (χ4n) is 2.82. The first-order chi connectivity index (χ1) is 12.6. The van der Waals surface area contributed by atoms with Crippen LogP contribution in [0.25, 0.3) is 0 Å². The highest BCUT2D eigenvalue weighted by atomic mass is 32.2. The van der Waals surface area contributed by atoms with Crippen molar-refractivity contribution in [2.24, 2.45) is 0 Å². The third-order valence-corrected chi connectivity index (χ3v) is 6.68. The van der Waals surface area contributed by atoms with E-state index in [9.17, 15) is 18.0 Å². The van der Waals surface area contributed by atoms with Crippen LogP contribution in [0.2, 0.25) is 0 Å². The summed E-state index contributed by atoms with van der Waals surface area (Å²) in [7, 11) is -3.73. The van der Waals surface area contributed by atoms with Crippen molar-refractivity contribution in [1.29, 1.82) is 0 Å². The Labute approximate surface area is 163 Å². The van der Waals surface area contributed by atoms with Crippen molar-refractivity contribution in [3.8, 4) is 0 Å². The van der Waals surface area contributed by atoms with Gasteiger partial charge < -0.3 is 4.74 Å². The van der Waals surface area contributed by atoms with Crippen molar-refractivity contribution in [2.75, 3.05) is 13.2 Å². The summed E-state index contributed by atoms with van der Waals surface area (Å²) in [5, 5.41) is 0. The van der Waals surface area contributed by atoms with Gasteiger partial charge in [0.25, 0.3) is 0 Å². The lowest BCUT2D eigenvalue weighted by atomic mass is 10.1. The number of hydrogen-bond donors (Lipinski definition) is 1. The molecule has 1 N–H and O–H groups in total. The number of nitrogens with one attached hydrogen (secondary N) is 1. The summed E-state index contributed by atoms with van der Waals surface area (Å²) in [6.45, 7) is 6.82. The van der Waals surface area contributed by atoms with Crippen LogP contribution in [0.5, 0.6) is 0 Å². The number of carbonyl (C=O) groups is 2. The molecule has 0 aliphatic rings. The van der Waals surface area contributed by atoms with Crippen LogP contribution in [0, 0.1) is 27.7 Å². The number of carbonyl (C=O) groups excluding carboxylic acids is 2. The van der Waals surface area contributed by atoms with E-state index in [0.29, 0.717) is 16.0 Å². The van der Waals surface area contributed by atoms with Gasteiger partial charge in [-0.05, 0) is 51.0 Å². The summed E-state index contributed by atoms with van der Waals surface area (Å²) in [5.74, 6) is -0.899. The van der Waals surface area contributed by atoms with Crippen LogP contribution in [0.1, 0.15) is 37.7 Å². The van der Waals surface area contributed by atoms with Gasteiger partial charge in [-0.25, -0.2) is 13.1 Å². The molecule has 0 saturated heterocycles. The average molecular weight is 410 g/mol. The highest BCUT2D eigenvalue weighted by Gasteiger charge is 2.20. The number of hydrogen-bond acceptors (Lipinski definition) is 6. The highest BCUT2D eigenvalue weighted by Crippen LogP contribution is 2.21. The summed E-state index contributed by atoms with van der Waals surface area (Å²) < 4.78 is 32.4. The van der Waals surface area contributed by atoms with Gasteiger partial charge in [0.15, 0.2) is 6.61 Å². The maximum absolute atomic E-state index is 12.5. The summed E-state index contributed by atoms with van der Waals surface area (Å²) >= 11 is 1.34. The van der Waals surface area contributed by atoms with E-state index in [1.54, 1.807) is 32.0 Å². The molecule has 0 radical (unpaired) electrons. The minimum Gasteiger partial charge on any atom is -0.457 e. The second-order valence-electron chi connectivity index (χ2n) is 6.37. The summed E-state index contributed by atoms with van der Waals surface area (Å²) in [6, 6.07) is 7.11. The largest absolute Gasteiger partial charge is 0.457 e. The van der Waals surface area contributed by atoms with Crippen LogP contribution in [-0.2, 0) is 19.6 Å². The van der Waals surface area contributed by atoms with E-state index in [-0.39, 0.29) is 30.3 Å². The Balaban J connectivity index is 1.86. The Morgan fingerprint density at radius 3 is 2.26 bits per heavy atom. The molecule has 2 aromatic rings. The van der Waals surface area contributed by atoms with Crippen molar-refractivity contribution in [1.82, 2.24) is 4.72 Å². The first-order valence-electron chi connectivity index (χ1n) is 8.43. The van der Waals surface area contributed by atoms with Crippen LogP contribution in [0.4, 0.5) is 0 Å². The number of esters is 1. The van der Waals surface area contributed by atoms with Crippen LogP contribution < -0.4 is 4.72 Å². The van der Waals surface area contributed by atoms with E-state index in [1.165, 1.54) is 11.3 Å². The molecule has 8 heteroatoms. The first kappa shape index (κ1) is 21.3. The van der Waals surface area contributed by atoms with Gasteiger partial charge in [0.1, 0.15) is 0 Å². The molecule has 1 heterocycles. The predicted molar refractivity (Wildman–Crippen MR) is 105 cm³/mol. The highest BCUT2D eigenvalue weighted by molar-refractivity contribution is 7.89. The van der Waals surface area contributed by atoms with Gasteiger partial charge in [0.2, 0.25) is 15.8 Å². The predicted octanol–water partition coefficient (Wildman–Crippen LogP) is 3.08. The molecule has 0 saturated carbocycles. The molecule has 0 fully saturated rings. The van der Waals surface area contributed by atoms with E-state index < -0.39 is 16.0 Å². The number of rotatable bonds is 8. The zero-order valence-corrected chi connectivity index (χ0v) is 17.4. The number of sulfonamides is 1. The second kappa shape index (κ2) is 8.77. The fraction of sp³-hybridized carbons (Fsp3) is 0.368. The molecule has 0 aliphatic carbocycles. The number of benzene rings is 1. The van der Waals surface area contributed by atoms with Crippen LogP contribution in [-0.4, -0.2) is 33.3 Å². The molecule has 0 aliphatic heterocycles. The average Bonchev–Trinajstić information content (AvgIpc) is 2.97. The van der Waals surface area contributed by atoms with E-state index in [1.807, 2.05) is 19.9 Å². The quantitative estimate of drug-likeness (QED) is 0.535. The lowest BCUT2D eigenvalue weighted by molar-refractivity contribution is -0.142. The molecule has 2 rings (SSSR count). The standard InChI is InChI=1S/C19H23NO5S2/c1-12-9-13(2)19(14(3)10-12)27(23,24)20-8-7-18(22)25-11-16(21)17-6-5-15(4)26-17/h5-6,9-10,20H,7-8,11H2,1-4H3. The fourth-order valence-corrected chi connectivity index (χ4v) is 5.10. The smallest absolute Gasteiger partial charge is 0.307 e. The van der Waals surface area contributed by atoms with Gasteiger partial charge in [-0.15, -0.1) is 11.3 Å². The lowest BCUT2D eigenvalue weighted by Gasteiger charge is -2.13. The topological polar surface area (TPSA) is 89.5 Å². The third kappa shape index (κ3) is 5.72. The molecule has 146 valence electrons. The third-order valence-electron chi connectivity index (χ3n) is 3.87. The zero-order chi connectivity index (χ0) is 20.2. The lowest BCUT2D eigenvalue weighted by Crippen LogP contribution is -2.28. The van der Waals surface area contributed by atoms with Crippen molar-refractivity contribution in [3.63, 3.8) is 0 Å². The summed E-state index contributed by atoms with van der Waals surface area (Å²) in [6.07, 6.45) is -0.153. The molecule has 0 spiro atoms. The maximum Gasteiger partial charge on any atom is 0.307 e. The van der Waals surface area contributed by atoms with E-state index >= 15 is 0 Å². The van der Waals surface area contributed by atoms with Crippen molar-refractivity contribution in [3.05, 3.63) is 50.7 Å². The number of aryl methyl sites for hydroxylation is 4. The molecule has 1 aromatic carbocycles. The molecular weight excluding hydrogens is 386 g/mol. The number of Topliss-reactive ketones (excluding diaryl/α,β-unsaturated/α-hetero) is 1. The molecule has 6 nitrogen and oxygen atoms in total. The minimum atomic E-state index is -3.73. The van der Waals surface area contributed by atoms with Gasteiger partial charge in [-0.3, -0.25) is 9.59 Å². The van der Waals surface area contributed by atoms with Gasteiger partial charge in [0.05, 0.1) is 16.2 Å². The number of ketones is 1. The molecular formula is C19H23NO5S2. The summed E-state index contributed by atoms with van der Waals surface area (Å²) in [4.78, 5) is 25.4. The Kier molecular flexibility index (Phi) is 6.91. The van der Waals surface area contributed by atoms with Gasteiger partial charge in [-0.2, -0.15) is 0 Å². The zero-order valence-electron chi connectivity index (χ0n) is 15.8. The van der Waals surface area contributed by atoms with Gasteiger partial charge >= 0.3 is 5.97 Å². The SMILES string of the molecule is Cc1cc(C)c(S(=O)(=O)NCCC(=O)OCC(=O)c2ccc(C)s2)c(C)c1. The molecule has 0 bridgehead atoms. The Hall–Kier alpha value is -2.03. The Bertz CT molecular complexity index is 937. The van der Waals surface area contributed by atoms with Crippen molar-refractivity contribution >= 4 is 33.1 Å². The number of thiophene rings is 1. The second-order valence-corrected chi connectivity index (χ2v) is 9.36. The molecule has 0 amide bonds. The number of ether oxygens (including phenoxy) is 1. The maximum atomic E-state index is 12.5. The molecule has 0 unspecified atom stereocenters. The van der Waals surface area contributed by atoms with Crippen LogP contribution in [0.15, 0.2) is 29.2 Å². The molecule has 1 aromatic heterocycles. The minimum absolute atomic E-state index is 0.0970. The van der Waals surface area contributed by atoms with Crippen molar-refractivity contribution < 1.29 is 22.7 Å². The first-order valence-corrected chi connectivity index (χ1v) is 10.7. The van der Waals surface area contributed by atoms with Gasteiger partial charge in [0, 0.05) is 11.4 Å². The van der Waals surface area contributed by atoms with E-state index in [2.05, 4.69) is 4.72 Å². The Morgan fingerprint density at radius 2 is 1.70 bits per heavy atom. The Morgan fingerprint density at radius 1 is 1.07 bits per heavy atom. The van der Waals surface area contributed by atoms with E-state index in [4.69, 9.17) is 4.74 Å². The van der Waals surface area contributed by atoms with E-state index in [0.717, 1.165) is 10.4 Å². The van der Waals surface area contributed by atoms with Crippen molar-refractivity contribution in [2.45, 2.75) is 39.0 Å². The van der Waals surface area contributed by atoms with Gasteiger partial charge in [-0.1, -0.05) is 17.7 Å². The monoisotopic (exact) mass is 409 g/mol. The van der Waals surface area contributed by atoms with Crippen LogP contribution >= 0.6 is 11.3 Å².